The third kappa shape index (κ3) is 6.58. The maximum Gasteiger partial charge on any atom is 0.191 e. The average Bonchev–Trinajstić information content (AvgIpc) is 2.68. The summed E-state index contributed by atoms with van der Waals surface area (Å²) in [5, 5.41) is 6.74. The van der Waals surface area contributed by atoms with Gasteiger partial charge in [0, 0.05) is 25.7 Å². The van der Waals surface area contributed by atoms with E-state index in [1.54, 1.807) is 14.2 Å². The second kappa shape index (κ2) is 11.8. The molecule has 28 heavy (non-hydrogen) atoms. The van der Waals surface area contributed by atoms with Crippen LogP contribution in [0.15, 0.2) is 53.5 Å². The van der Waals surface area contributed by atoms with Crippen molar-refractivity contribution in [2.45, 2.75) is 38.3 Å². The molecule has 0 bridgehead atoms. The van der Waals surface area contributed by atoms with Crippen LogP contribution in [0.25, 0.3) is 0 Å². The van der Waals surface area contributed by atoms with E-state index in [2.05, 4.69) is 39.9 Å². The summed E-state index contributed by atoms with van der Waals surface area (Å²) in [7, 11) is 3.47. The Morgan fingerprint density at radius 1 is 1.07 bits per heavy atom. The maximum absolute atomic E-state index is 6.09. The van der Waals surface area contributed by atoms with Gasteiger partial charge in [0.2, 0.25) is 0 Å². The second-order valence-electron chi connectivity index (χ2n) is 6.73. The van der Waals surface area contributed by atoms with E-state index in [1.165, 1.54) is 12.0 Å². The molecule has 0 amide bonds. The molecule has 0 heterocycles. The molecule has 2 aromatic rings. The fourth-order valence-electron chi connectivity index (χ4n) is 2.95. The number of guanidine groups is 1. The highest BCUT2D eigenvalue weighted by Crippen LogP contribution is 2.27. The predicted molar refractivity (Wildman–Crippen MR) is 125 cm³/mol. The summed E-state index contributed by atoms with van der Waals surface area (Å²) in [6, 6.07) is 16.4. The number of para-hydroxylation sites is 1. The first-order valence-corrected chi connectivity index (χ1v) is 9.60. The fourth-order valence-corrected chi connectivity index (χ4v) is 2.95. The summed E-state index contributed by atoms with van der Waals surface area (Å²) in [6.07, 6.45) is 4.90. The Morgan fingerprint density at radius 3 is 2.46 bits per heavy atom. The van der Waals surface area contributed by atoms with Crippen molar-refractivity contribution >= 4 is 29.9 Å². The van der Waals surface area contributed by atoms with Crippen molar-refractivity contribution in [3.63, 3.8) is 0 Å². The molecule has 152 valence electrons. The van der Waals surface area contributed by atoms with E-state index in [0.29, 0.717) is 12.6 Å². The minimum atomic E-state index is 0. The van der Waals surface area contributed by atoms with Crippen LogP contribution in [0.5, 0.6) is 11.5 Å². The lowest BCUT2D eigenvalue weighted by Gasteiger charge is -2.27. The van der Waals surface area contributed by atoms with Crippen molar-refractivity contribution in [1.29, 1.82) is 0 Å². The number of benzene rings is 2. The largest absolute Gasteiger partial charge is 0.497 e. The minimum absolute atomic E-state index is 0. The molecule has 1 aliphatic carbocycles. The molecule has 2 N–H and O–H groups in total. The molecule has 1 aliphatic rings. The molecule has 0 unspecified atom stereocenters. The van der Waals surface area contributed by atoms with Gasteiger partial charge in [0.1, 0.15) is 11.5 Å². The van der Waals surface area contributed by atoms with Crippen LogP contribution in [-0.4, -0.2) is 32.8 Å². The van der Waals surface area contributed by atoms with Gasteiger partial charge in [-0.05, 0) is 49.4 Å². The molecule has 1 fully saturated rings. The smallest absolute Gasteiger partial charge is 0.191 e. The summed E-state index contributed by atoms with van der Waals surface area (Å²) < 4.78 is 11.3. The van der Waals surface area contributed by atoms with Gasteiger partial charge in [-0.2, -0.15) is 0 Å². The monoisotopic (exact) mass is 495 g/mol. The normalized spacial score (nSPS) is 13.9. The number of halogens is 1. The van der Waals surface area contributed by atoms with E-state index in [1.807, 2.05) is 24.3 Å². The highest BCUT2D eigenvalue weighted by molar-refractivity contribution is 14.0. The number of aliphatic imine (C=N–C) groups is 1. The van der Waals surface area contributed by atoms with E-state index < -0.39 is 0 Å². The molecule has 5 nitrogen and oxygen atoms in total. The maximum atomic E-state index is 6.09. The summed E-state index contributed by atoms with van der Waals surface area (Å²) in [4.78, 5) is 4.31. The van der Waals surface area contributed by atoms with Crippen molar-refractivity contribution in [2.75, 3.05) is 20.7 Å². The van der Waals surface area contributed by atoms with Crippen LogP contribution in [0.2, 0.25) is 0 Å². The lowest BCUT2D eigenvalue weighted by molar-refractivity contribution is 0.119. The number of nitrogens with one attached hydrogen (secondary N) is 2. The van der Waals surface area contributed by atoms with Crippen molar-refractivity contribution in [3.8, 4) is 11.5 Å². The second-order valence-corrected chi connectivity index (χ2v) is 6.73. The molecular formula is C22H30IN3O2. The quantitative estimate of drug-likeness (QED) is 0.328. The third-order valence-electron chi connectivity index (χ3n) is 4.85. The topological polar surface area (TPSA) is 54.9 Å². The molecule has 6 heteroatoms. The van der Waals surface area contributed by atoms with Crippen LogP contribution in [0, 0.1) is 0 Å². The highest BCUT2D eigenvalue weighted by Gasteiger charge is 2.20. The zero-order valence-electron chi connectivity index (χ0n) is 16.6. The number of ether oxygens (including phenoxy) is 2. The molecule has 3 rings (SSSR count). The third-order valence-corrected chi connectivity index (χ3v) is 4.85. The first kappa shape index (κ1) is 22.3. The molecule has 2 aromatic carbocycles. The van der Waals surface area contributed by atoms with E-state index in [9.17, 15) is 0 Å². The Labute approximate surface area is 184 Å². The van der Waals surface area contributed by atoms with Crippen molar-refractivity contribution in [1.82, 2.24) is 10.6 Å². The number of methoxy groups -OCH3 is 1. The van der Waals surface area contributed by atoms with Crippen LogP contribution in [0.1, 0.15) is 30.4 Å². The minimum Gasteiger partial charge on any atom is -0.497 e. The summed E-state index contributed by atoms with van der Waals surface area (Å²) >= 11 is 0. The Bertz CT molecular complexity index is 746. The number of hydrogen-bond donors (Lipinski definition) is 2. The van der Waals surface area contributed by atoms with E-state index in [0.717, 1.165) is 48.8 Å². The molecular weight excluding hydrogens is 465 g/mol. The van der Waals surface area contributed by atoms with Gasteiger partial charge in [-0.1, -0.05) is 30.3 Å². The van der Waals surface area contributed by atoms with Crippen LogP contribution < -0.4 is 20.1 Å². The van der Waals surface area contributed by atoms with Gasteiger partial charge >= 0.3 is 0 Å². The Morgan fingerprint density at radius 2 is 1.82 bits per heavy atom. The fraction of sp³-hybridized carbons (Fsp3) is 0.409. The number of rotatable bonds is 8. The molecule has 0 aliphatic heterocycles. The van der Waals surface area contributed by atoms with Crippen molar-refractivity contribution in [2.24, 2.45) is 4.99 Å². The van der Waals surface area contributed by atoms with Crippen molar-refractivity contribution < 1.29 is 9.47 Å². The molecule has 0 saturated heterocycles. The van der Waals surface area contributed by atoms with Gasteiger partial charge in [0.05, 0.1) is 13.2 Å². The summed E-state index contributed by atoms with van der Waals surface area (Å²) in [5.74, 6) is 2.65. The Kier molecular flexibility index (Phi) is 9.40. The molecule has 1 saturated carbocycles. The lowest BCUT2D eigenvalue weighted by atomic mass is 9.96. The van der Waals surface area contributed by atoms with Gasteiger partial charge in [0.25, 0.3) is 0 Å². The van der Waals surface area contributed by atoms with Crippen LogP contribution in [0.4, 0.5) is 0 Å². The zero-order chi connectivity index (χ0) is 18.9. The first-order valence-electron chi connectivity index (χ1n) is 9.60. The van der Waals surface area contributed by atoms with E-state index in [4.69, 9.17) is 9.47 Å². The standard InChI is InChI=1S/C22H29N3O2.HI/c1-23-22(24-15-14-17-10-12-19(26-2)13-11-17)25-16-18-6-3-4-9-21(18)27-20-7-5-8-20;/h3-4,6,9-13,20H,5,7-8,14-16H2,1-2H3,(H2,23,24,25);1H. The summed E-state index contributed by atoms with van der Waals surface area (Å²) in [5.41, 5.74) is 2.42. The van der Waals surface area contributed by atoms with Crippen LogP contribution >= 0.6 is 24.0 Å². The van der Waals surface area contributed by atoms with Gasteiger partial charge < -0.3 is 20.1 Å². The van der Waals surface area contributed by atoms with Gasteiger partial charge in [0.15, 0.2) is 5.96 Å². The average molecular weight is 495 g/mol. The van der Waals surface area contributed by atoms with Crippen LogP contribution in [-0.2, 0) is 13.0 Å². The summed E-state index contributed by atoms with van der Waals surface area (Å²) in [6.45, 7) is 1.50. The highest BCUT2D eigenvalue weighted by atomic mass is 127. The molecule has 0 aromatic heterocycles. The van der Waals surface area contributed by atoms with Gasteiger partial charge in [-0.15, -0.1) is 24.0 Å². The molecule has 0 spiro atoms. The SMILES string of the molecule is CN=C(NCCc1ccc(OC)cc1)NCc1ccccc1OC1CCC1.I. The van der Waals surface area contributed by atoms with Gasteiger partial charge in [-0.25, -0.2) is 0 Å². The predicted octanol–water partition coefficient (Wildman–Crippen LogP) is 4.15. The molecule has 0 radical (unpaired) electrons. The molecule has 0 atom stereocenters. The van der Waals surface area contributed by atoms with E-state index >= 15 is 0 Å². The number of hydrogen-bond acceptors (Lipinski definition) is 3. The number of nitrogens with zero attached hydrogens (tertiary/aromatic N) is 1. The Balaban J connectivity index is 0.00000280. The van der Waals surface area contributed by atoms with E-state index in [-0.39, 0.29) is 24.0 Å². The Hall–Kier alpha value is -1.96. The first-order chi connectivity index (χ1) is 13.3. The lowest BCUT2D eigenvalue weighted by Crippen LogP contribution is -2.38. The van der Waals surface area contributed by atoms with Crippen molar-refractivity contribution in [3.05, 3.63) is 59.7 Å². The van der Waals surface area contributed by atoms with Crippen LogP contribution in [0.3, 0.4) is 0 Å². The van der Waals surface area contributed by atoms with Gasteiger partial charge in [-0.3, -0.25) is 4.99 Å². The zero-order valence-corrected chi connectivity index (χ0v) is 18.9.